The molecule has 0 unspecified atom stereocenters. The van der Waals surface area contributed by atoms with Crippen molar-refractivity contribution in [1.29, 1.82) is 0 Å². The first-order valence-corrected chi connectivity index (χ1v) is 6.89. The van der Waals surface area contributed by atoms with Crippen LogP contribution in [0.4, 0.5) is 0 Å². The predicted octanol–water partition coefficient (Wildman–Crippen LogP) is 1.05. The van der Waals surface area contributed by atoms with Crippen LogP contribution < -0.4 is 16.4 Å². The molecule has 5 N–H and O–H groups in total. The first kappa shape index (κ1) is 17.7. The highest BCUT2D eigenvalue weighted by atomic mass is 16.4. The summed E-state index contributed by atoms with van der Waals surface area (Å²) in [5.41, 5.74) is 5.31. The predicted molar refractivity (Wildman–Crippen MR) is 77.2 cm³/mol. The molecule has 0 aromatic rings. The molecule has 112 valence electrons. The van der Waals surface area contributed by atoms with Crippen LogP contribution >= 0.6 is 0 Å². The molecular formula is C13H28N4O2. The first-order valence-electron chi connectivity index (χ1n) is 6.89. The number of carbonyl (C=O) groups is 1. The third kappa shape index (κ3) is 8.42. The third-order valence-corrected chi connectivity index (χ3v) is 3.06. The molecule has 6 heteroatoms. The zero-order chi connectivity index (χ0) is 14.7. The molecular weight excluding hydrogens is 244 g/mol. The molecule has 0 atom stereocenters. The van der Waals surface area contributed by atoms with Crippen LogP contribution in [0.25, 0.3) is 0 Å². The maximum Gasteiger partial charge on any atom is 0.221 e. The summed E-state index contributed by atoms with van der Waals surface area (Å²) < 4.78 is 0. The number of amides is 1. The fraction of sp³-hybridized carbons (Fsp3) is 0.846. The van der Waals surface area contributed by atoms with Gasteiger partial charge in [-0.25, -0.2) is 0 Å². The number of hydrogen-bond donors (Lipinski definition) is 4. The lowest BCUT2D eigenvalue weighted by Gasteiger charge is -2.22. The van der Waals surface area contributed by atoms with E-state index in [1.165, 1.54) is 0 Å². The average Bonchev–Trinajstić information content (AvgIpc) is 2.39. The van der Waals surface area contributed by atoms with Crippen LogP contribution in [0.1, 0.15) is 46.5 Å². The smallest absolute Gasteiger partial charge is 0.221 e. The number of rotatable bonds is 10. The van der Waals surface area contributed by atoms with Gasteiger partial charge in [-0.05, 0) is 25.8 Å². The number of hydrogen-bond acceptors (Lipinski definition) is 4. The van der Waals surface area contributed by atoms with Crippen LogP contribution in [0.3, 0.4) is 0 Å². The van der Waals surface area contributed by atoms with E-state index < -0.39 is 0 Å². The molecule has 0 aliphatic carbocycles. The highest BCUT2D eigenvalue weighted by Gasteiger charge is 2.22. The molecule has 0 radical (unpaired) electrons. The molecule has 0 spiro atoms. The van der Waals surface area contributed by atoms with Crippen LogP contribution in [0.2, 0.25) is 0 Å². The monoisotopic (exact) mass is 272 g/mol. The van der Waals surface area contributed by atoms with Gasteiger partial charge in [-0.1, -0.05) is 25.9 Å². The lowest BCUT2D eigenvalue weighted by molar-refractivity contribution is -0.120. The molecule has 0 bridgehead atoms. The van der Waals surface area contributed by atoms with E-state index in [1.54, 1.807) is 0 Å². The second-order valence-electron chi connectivity index (χ2n) is 5.32. The van der Waals surface area contributed by atoms with Crippen molar-refractivity contribution in [2.24, 2.45) is 16.3 Å². The number of nitrogens with two attached hydrogens (primary N) is 1. The Hall–Kier alpha value is -1.30. The highest BCUT2D eigenvalue weighted by Crippen LogP contribution is 2.21. The van der Waals surface area contributed by atoms with Gasteiger partial charge < -0.3 is 21.6 Å². The van der Waals surface area contributed by atoms with Crippen LogP contribution in [0.15, 0.2) is 5.16 Å². The minimum absolute atomic E-state index is 0.0892. The lowest BCUT2D eigenvalue weighted by Crippen LogP contribution is -2.33. The van der Waals surface area contributed by atoms with Crippen LogP contribution in [-0.2, 0) is 4.79 Å². The van der Waals surface area contributed by atoms with E-state index >= 15 is 0 Å². The van der Waals surface area contributed by atoms with Gasteiger partial charge in [0.25, 0.3) is 0 Å². The zero-order valence-electron chi connectivity index (χ0n) is 12.3. The molecule has 0 saturated heterocycles. The summed E-state index contributed by atoms with van der Waals surface area (Å²) in [6.45, 7) is 8.16. The highest BCUT2D eigenvalue weighted by molar-refractivity contribution is 5.85. The Balaban J connectivity index is 3.58. The summed E-state index contributed by atoms with van der Waals surface area (Å²) in [6, 6.07) is 0. The second kappa shape index (κ2) is 9.61. The van der Waals surface area contributed by atoms with Gasteiger partial charge in [-0.2, -0.15) is 0 Å². The van der Waals surface area contributed by atoms with Gasteiger partial charge in [0.1, 0.15) is 5.84 Å². The van der Waals surface area contributed by atoms with Gasteiger partial charge in [0, 0.05) is 24.9 Å². The quantitative estimate of drug-likeness (QED) is 0.157. The summed E-state index contributed by atoms with van der Waals surface area (Å²) in [4.78, 5) is 11.3. The Labute approximate surface area is 115 Å². The fourth-order valence-electron chi connectivity index (χ4n) is 1.60. The number of carbonyl (C=O) groups excluding carboxylic acids is 1. The Morgan fingerprint density at radius 3 is 2.58 bits per heavy atom. The van der Waals surface area contributed by atoms with Crippen LogP contribution in [-0.4, -0.2) is 36.6 Å². The average molecular weight is 272 g/mol. The molecule has 0 aromatic heterocycles. The van der Waals surface area contributed by atoms with E-state index in [4.69, 9.17) is 10.9 Å². The third-order valence-electron chi connectivity index (χ3n) is 3.06. The van der Waals surface area contributed by atoms with E-state index in [2.05, 4.69) is 15.8 Å². The van der Waals surface area contributed by atoms with E-state index in [0.717, 1.165) is 32.4 Å². The zero-order valence-corrected chi connectivity index (χ0v) is 12.3. The van der Waals surface area contributed by atoms with Gasteiger partial charge in [0.2, 0.25) is 5.91 Å². The molecule has 0 saturated carbocycles. The van der Waals surface area contributed by atoms with Gasteiger partial charge in [-0.3, -0.25) is 4.79 Å². The van der Waals surface area contributed by atoms with Gasteiger partial charge in [0.15, 0.2) is 0 Å². The Morgan fingerprint density at radius 1 is 1.32 bits per heavy atom. The summed E-state index contributed by atoms with van der Waals surface area (Å²) >= 11 is 0. The molecule has 19 heavy (non-hydrogen) atoms. The van der Waals surface area contributed by atoms with Crippen molar-refractivity contribution >= 4 is 11.7 Å². The molecule has 0 fully saturated rings. The summed E-state index contributed by atoms with van der Waals surface area (Å²) in [7, 11) is 0. The first-order chi connectivity index (χ1) is 8.94. The van der Waals surface area contributed by atoms with Crippen LogP contribution in [0, 0.1) is 5.41 Å². The Morgan fingerprint density at radius 2 is 2.00 bits per heavy atom. The Bertz CT molecular complexity index is 290. The summed E-state index contributed by atoms with van der Waals surface area (Å²) in [6.07, 6.45) is 3.21. The summed E-state index contributed by atoms with van der Waals surface area (Å²) in [5.74, 6) is 0.345. The molecule has 0 heterocycles. The van der Waals surface area contributed by atoms with E-state index in [-0.39, 0.29) is 17.2 Å². The molecule has 0 aliphatic heterocycles. The summed E-state index contributed by atoms with van der Waals surface area (Å²) in [5, 5.41) is 17.7. The maximum absolute atomic E-state index is 11.3. The number of amidine groups is 1. The van der Waals surface area contributed by atoms with Crippen molar-refractivity contribution in [3.63, 3.8) is 0 Å². The van der Waals surface area contributed by atoms with Crippen molar-refractivity contribution in [3.05, 3.63) is 0 Å². The second-order valence-corrected chi connectivity index (χ2v) is 5.32. The molecule has 0 aromatic carbocycles. The number of oxime groups is 1. The molecule has 0 rings (SSSR count). The standard InChI is InChI=1S/C13H28N4O2/c1-4-8-16-11(18)6-10-15-9-5-7-13(2,3)12(14)17-19/h15,19H,4-10H2,1-3H3,(H2,14,17)(H,16,18). The van der Waals surface area contributed by atoms with Crippen molar-refractivity contribution in [2.45, 2.75) is 46.5 Å². The van der Waals surface area contributed by atoms with E-state index in [0.29, 0.717) is 13.0 Å². The normalized spacial score (nSPS) is 12.5. The fourth-order valence-corrected chi connectivity index (χ4v) is 1.60. The topological polar surface area (TPSA) is 99.7 Å². The van der Waals surface area contributed by atoms with Crippen molar-refractivity contribution in [2.75, 3.05) is 19.6 Å². The van der Waals surface area contributed by atoms with Gasteiger partial charge in [0.05, 0.1) is 0 Å². The number of nitrogens with one attached hydrogen (secondary N) is 2. The molecule has 0 aliphatic rings. The Kier molecular flexibility index (Phi) is 8.95. The minimum atomic E-state index is -0.297. The minimum Gasteiger partial charge on any atom is -0.409 e. The van der Waals surface area contributed by atoms with Crippen LogP contribution in [0.5, 0.6) is 0 Å². The molecule has 1 amide bonds. The van der Waals surface area contributed by atoms with Crippen molar-refractivity contribution in [1.82, 2.24) is 10.6 Å². The van der Waals surface area contributed by atoms with Crippen molar-refractivity contribution < 1.29 is 10.0 Å². The maximum atomic E-state index is 11.3. The van der Waals surface area contributed by atoms with Crippen molar-refractivity contribution in [3.8, 4) is 0 Å². The molecule has 6 nitrogen and oxygen atoms in total. The van der Waals surface area contributed by atoms with Gasteiger partial charge in [-0.15, -0.1) is 0 Å². The number of nitrogens with zero attached hydrogens (tertiary/aromatic N) is 1. The largest absolute Gasteiger partial charge is 0.409 e. The lowest BCUT2D eigenvalue weighted by atomic mass is 9.86. The van der Waals surface area contributed by atoms with Gasteiger partial charge >= 0.3 is 0 Å². The SMILES string of the molecule is CCCNC(=O)CCNCCCC(C)(C)C(N)=NO. The van der Waals surface area contributed by atoms with E-state index in [1.807, 2.05) is 20.8 Å². The van der Waals surface area contributed by atoms with E-state index in [9.17, 15) is 4.79 Å².